The van der Waals surface area contributed by atoms with E-state index in [1.165, 1.54) is 5.56 Å². The number of rotatable bonds is 4. The maximum absolute atomic E-state index is 5.88. The molecule has 2 rings (SSSR count). The Bertz CT molecular complexity index is 497. The molecule has 0 radical (unpaired) electrons. The number of nitrogens with zero attached hydrogens (tertiary/aromatic N) is 1. The lowest BCUT2D eigenvalue weighted by Crippen LogP contribution is -2.18. The smallest absolute Gasteiger partial charge is 0.0825 e. The topological polar surface area (TPSA) is 40.7 Å². The third-order valence-corrected chi connectivity index (χ3v) is 3.23. The molecule has 0 bridgehead atoms. The molecule has 0 fully saturated rings. The highest BCUT2D eigenvalue weighted by atomic mass is 35.5. The van der Waals surface area contributed by atoms with Crippen LogP contribution in [0.2, 0.25) is 5.02 Å². The summed E-state index contributed by atoms with van der Waals surface area (Å²) in [6, 6.07) is 8.34. The largest absolute Gasteiger partial charge is 0.379 e. The van der Waals surface area contributed by atoms with Gasteiger partial charge in [0.2, 0.25) is 0 Å². The van der Waals surface area contributed by atoms with Gasteiger partial charge in [-0.3, -0.25) is 5.10 Å². The van der Waals surface area contributed by atoms with Crippen molar-refractivity contribution in [2.75, 3.05) is 5.32 Å². The third kappa shape index (κ3) is 3.05. The molecule has 1 atom stereocenters. The fourth-order valence-electron chi connectivity index (χ4n) is 2.04. The van der Waals surface area contributed by atoms with Crippen LogP contribution in [-0.2, 0) is 6.42 Å². The quantitative estimate of drug-likeness (QED) is 0.883. The molecule has 0 saturated carbocycles. The van der Waals surface area contributed by atoms with E-state index in [0.717, 1.165) is 28.5 Å². The minimum Gasteiger partial charge on any atom is -0.379 e. The fraction of sp³-hybridized carbons (Fsp3) is 0.357. The minimum atomic E-state index is 0.348. The molecule has 1 aromatic heterocycles. The Labute approximate surface area is 113 Å². The predicted molar refractivity (Wildman–Crippen MR) is 76.3 cm³/mol. The molecular weight excluding hydrogens is 246 g/mol. The number of hydrogen-bond acceptors (Lipinski definition) is 2. The van der Waals surface area contributed by atoms with Gasteiger partial charge in [0.1, 0.15) is 0 Å². The Morgan fingerprint density at radius 2 is 1.94 bits per heavy atom. The van der Waals surface area contributed by atoms with Crippen LogP contribution in [0.4, 0.5) is 5.69 Å². The van der Waals surface area contributed by atoms with Gasteiger partial charge in [-0.25, -0.2) is 0 Å². The van der Waals surface area contributed by atoms with Gasteiger partial charge in [0.05, 0.1) is 17.1 Å². The summed E-state index contributed by atoms with van der Waals surface area (Å²) in [5.74, 6) is 0. The molecular formula is C14H18ClN3. The zero-order valence-corrected chi connectivity index (χ0v) is 11.7. The van der Waals surface area contributed by atoms with Crippen molar-refractivity contribution < 1.29 is 0 Å². The number of nitrogens with one attached hydrogen (secondary N) is 2. The molecule has 4 heteroatoms. The first-order valence-electron chi connectivity index (χ1n) is 6.09. The van der Waals surface area contributed by atoms with E-state index in [-0.39, 0.29) is 0 Å². The molecule has 0 aliphatic rings. The number of aromatic amines is 1. The Hall–Kier alpha value is -1.48. The first-order chi connectivity index (χ1) is 8.56. The SMILES string of the molecule is Cc1n[nH]c(C)c1NC(C)Cc1ccc(Cl)cc1. The van der Waals surface area contributed by atoms with Crippen molar-refractivity contribution in [1.29, 1.82) is 0 Å². The maximum atomic E-state index is 5.88. The molecule has 1 aromatic carbocycles. The van der Waals surface area contributed by atoms with Crippen molar-refractivity contribution in [2.45, 2.75) is 33.2 Å². The molecule has 0 aliphatic heterocycles. The lowest BCUT2D eigenvalue weighted by molar-refractivity contribution is 0.788. The second kappa shape index (κ2) is 5.44. The second-order valence-electron chi connectivity index (χ2n) is 4.68. The zero-order valence-electron chi connectivity index (χ0n) is 10.9. The molecule has 0 amide bonds. The van der Waals surface area contributed by atoms with E-state index in [1.807, 2.05) is 26.0 Å². The number of halogens is 1. The van der Waals surface area contributed by atoms with E-state index in [9.17, 15) is 0 Å². The molecule has 0 aliphatic carbocycles. The number of H-pyrrole nitrogens is 1. The minimum absolute atomic E-state index is 0.348. The van der Waals surface area contributed by atoms with E-state index in [2.05, 4.69) is 34.6 Å². The van der Waals surface area contributed by atoms with Crippen LogP contribution in [0, 0.1) is 13.8 Å². The lowest BCUT2D eigenvalue weighted by atomic mass is 10.1. The van der Waals surface area contributed by atoms with Gasteiger partial charge in [0.25, 0.3) is 0 Å². The summed E-state index contributed by atoms with van der Waals surface area (Å²) >= 11 is 5.88. The summed E-state index contributed by atoms with van der Waals surface area (Å²) in [6.07, 6.45) is 0.960. The van der Waals surface area contributed by atoms with Crippen molar-refractivity contribution in [3.63, 3.8) is 0 Å². The highest BCUT2D eigenvalue weighted by molar-refractivity contribution is 6.30. The van der Waals surface area contributed by atoms with Crippen molar-refractivity contribution in [3.8, 4) is 0 Å². The molecule has 0 spiro atoms. The molecule has 96 valence electrons. The van der Waals surface area contributed by atoms with Crippen LogP contribution in [0.15, 0.2) is 24.3 Å². The summed E-state index contributed by atoms with van der Waals surface area (Å²) < 4.78 is 0. The number of hydrogen-bond donors (Lipinski definition) is 2. The standard InChI is InChI=1S/C14H18ClN3/c1-9(8-12-4-6-13(15)7-5-12)16-14-10(2)17-18-11(14)3/h4-7,9,16H,8H2,1-3H3,(H,17,18). The van der Waals surface area contributed by atoms with Gasteiger partial charge in [-0.15, -0.1) is 0 Å². The average molecular weight is 264 g/mol. The zero-order chi connectivity index (χ0) is 13.1. The first kappa shape index (κ1) is 13.0. The van der Waals surface area contributed by atoms with E-state index in [4.69, 9.17) is 11.6 Å². The number of aryl methyl sites for hydroxylation is 2. The highest BCUT2D eigenvalue weighted by Crippen LogP contribution is 2.18. The molecule has 3 nitrogen and oxygen atoms in total. The van der Waals surface area contributed by atoms with E-state index < -0.39 is 0 Å². The van der Waals surface area contributed by atoms with Crippen molar-refractivity contribution in [2.24, 2.45) is 0 Å². The van der Waals surface area contributed by atoms with Crippen LogP contribution < -0.4 is 5.32 Å². The molecule has 18 heavy (non-hydrogen) atoms. The average Bonchev–Trinajstić information content (AvgIpc) is 2.64. The Balaban J connectivity index is 2.01. The number of anilines is 1. The monoisotopic (exact) mass is 263 g/mol. The molecule has 2 N–H and O–H groups in total. The molecule has 1 heterocycles. The normalized spacial score (nSPS) is 12.4. The van der Waals surface area contributed by atoms with Gasteiger partial charge in [0, 0.05) is 11.1 Å². The van der Waals surface area contributed by atoms with Crippen molar-refractivity contribution in [3.05, 3.63) is 46.2 Å². The third-order valence-electron chi connectivity index (χ3n) is 2.97. The molecule has 1 unspecified atom stereocenters. The Morgan fingerprint density at radius 3 is 2.50 bits per heavy atom. The van der Waals surface area contributed by atoms with Crippen LogP contribution in [0.5, 0.6) is 0 Å². The summed E-state index contributed by atoms with van der Waals surface area (Å²) in [7, 11) is 0. The predicted octanol–water partition coefficient (Wildman–Crippen LogP) is 3.72. The Kier molecular flexibility index (Phi) is 3.92. The van der Waals surface area contributed by atoms with Crippen LogP contribution in [-0.4, -0.2) is 16.2 Å². The summed E-state index contributed by atoms with van der Waals surface area (Å²) in [6.45, 7) is 6.19. The Morgan fingerprint density at radius 1 is 1.28 bits per heavy atom. The van der Waals surface area contributed by atoms with Gasteiger partial charge < -0.3 is 5.32 Å². The number of benzene rings is 1. The van der Waals surface area contributed by atoms with Gasteiger partial charge >= 0.3 is 0 Å². The van der Waals surface area contributed by atoms with Crippen molar-refractivity contribution in [1.82, 2.24) is 10.2 Å². The lowest BCUT2D eigenvalue weighted by Gasteiger charge is -2.15. The first-order valence-corrected chi connectivity index (χ1v) is 6.46. The van der Waals surface area contributed by atoms with Crippen molar-refractivity contribution >= 4 is 17.3 Å². The van der Waals surface area contributed by atoms with Gasteiger partial charge in [-0.1, -0.05) is 23.7 Å². The number of aromatic nitrogens is 2. The van der Waals surface area contributed by atoms with Crippen LogP contribution >= 0.6 is 11.6 Å². The molecule has 0 saturated heterocycles. The summed E-state index contributed by atoms with van der Waals surface area (Å²) in [5, 5.41) is 11.4. The van der Waals surface area contributed by atoms with Crippen LogP contribution in [0.1, 0.15) is 23.9 Å². The van der Waals surface area contributed by atoms with Gasteiger partial charge in [0.15, 0.2) is 0 Å². The van der Waals surface area contributed by atoms with Gasteiger partial charge in [-0.05, 0) is 44.9 Å². The van der Waals surface area contributed by atoms with Gasteiger partial charge in [-0.2, -0.15) is 5.10 Å². The summed E-state index contributed by atoms with van der Waals surface area (Å²) in [5.41, 5.74) is 4.47. The van der Waals surface area contributed by atoms with E-state index in [0.29, 0.717) is 6.04 Å². The van der Waals surface area contributed by atoms with E-state index >= 15 is 0 Å². The highest BCUT2D eigenvalue weighted by Gasteiger charge is 2.10. The van der Waals surface area contributed by atoms with E-state index in [1.54, 1.807) is 0 Å². The maximum Gasteiger partial charge on any atom is 0.0825 e. The second-order valence-corrected chi connectivity index (χ2v) is 5.12. The fourth-order valence-corrected chi connectivity index (χ4v) is 2.16. The summed E-state index contributed by atoms with van der Waals surface area (Å²) in [4.78, 5) is 0. The van der Waals surface area contributed by atoms with Crippen LogP contribution in [0.25, 0.3) is 0 Å². The molecule has 2 aromatic rings. The van der Waals surface area contributed by atoms with Crippen LogP contribution in [0.3, 0.4) is 0 Å².